The number of ether oxygens (including phenoxy) is 1. The van der Waals surface area contributed by atoms with E-state index in [0.29, 0.717) is 36.0 Å². The molecule has 4 aliphatic rings. The molecule has 4 aliphatic carbocycles. The Kier molecular flexibility index (Phi) is 5.06. The van der Waals surface area contributed by atoms with Crippen LogP contribution in [0.15, 0.2) is 16.8 Å². The highest BCUT2D eigenvalue weighted by atomic mass is 16.6. The van der Waals surface area contributed by atoms with Crippen molar-refractivity contribution in [1.29, 1.82) is 0 Å². The van der Waals surface area contributed by atoms with Crippen molar-refractivity contribution in [2.45, 2.75) is 91.7 Å². The second-order valence-corrected chi connectivity index (χ2v) is 11.3. The Hall–Kier alpha value is -1.52. The van der Waals surface area contributed by atoms with E-state index >= 15 is 0 Å². The number of Topliss-reactive ketones (excluding diaryl/α,β-unsaturated/α-hetero) is 1. The zero-order valence-electron chi connectivity index (χ0n) is 19.4. The molecule has 5 nitrogen and oxygen atoms in total. The van der Waals surface area contributed by atoms with Crippen molar-refractivity contribution in [1.82, 2.24) is 0 Å². The van der Waals surface area contributed by atoms with E-state index < -0.39 is 5.60 Å². The van der Waals surface area contributed by atoms with Crippen molar-refractivity contribution >= 4 is 11.8 Å². The molecule has 4 rings (SSSR count). The number of rotatable bonds is 3. The number of hydrogen-bond donors (Lipinski definition) is 0. The molecule has 9 atom stereocenters. The summed E-state index contributed by atoms with van der Waals surface area (Å²) in [6.45, 7) is 12.2. The molecule has 0 spiro atoms. The Morgan fingerprint density at radius 2 is 1.83 bits per heavy atom. The summed E-state index contributed by atoms with van der Waals surface area (Å²) in [5.74, 6) is 1.82. The minimum atomic E-state index is -0.993. The molecule has 166 valence electrons. The number of carbonyl (C=O) groups is 2. The minimum absolute atomic E-state index is 0.00113. The lowest BCUT2D eigenvalue weighted by Crippen LogP contribution is -2.59. The second-order valence-electron chi connectivity index (χ2n) is 11.3. The average molecular weight is 416 g/mol. The number of carbonyl (C=O) groups excluding carboxylic acids is 2. The summed E-state index contributed by atoms with van der Waals surface area (Å²) in [5.41, 5.74) is 0.233. The summed E-state index contributed by atoms with van der Waals surface area (Å²) < 4.78 is 5.92. The molecular formula is C25H37NO4. The van der Waals surface area contributed by atoms with Crippen LogP contribution in [0.5, 0.6) is 0 Å². The lowest BCUT2D eigenvalue weighted by atomic mass is 9.44. The van der Waals surface area contributed by atoms with Gasteiger partial charge < -0.3 is 4.74 Å². The van der Waals surface area contributed by atoms with E-state index in [9.17, 15) is 14.5 Å². The average Bonchev–Trinajstić information content (AvgIpc) is 2.89. The van der Waals surface area contributed by atoms with Crippen LogP contribution in [0.2, 0.25) is 0 Å². The van der Waals surface area contributed by atoms with Gasteiger partial charge >= 0.3 is 5.97 Å². The first-order valence-corrected chi connectivity index (χ1v) is 11.8. The zero-order chi connectivity index (χ0) is 22.1. The fourth-order valence-corrected chi connectivity index (χ4v) is 8.83. The van der Waals surface area contributed by atoms with Gasteiger partial charge in [0, 0.05) is 12.3 Å². The van der Waals surface area contributed by atoms with Crippen LogP contribution in [0.25, 0.3) is 0 Å². The maximum absolute atomic E-state index is 13.0. The standard InChI is InChI=1S/C25H37NO4/c1-14-11-19-20(23(5)9-7-18(26-29)12-21(14)23)8-10-24(6)22(19)15(2)13-25(24,16(3)27)30-17(4)28/h12,14-15,18-20,22H,7-11,13H2,1-6H3/t14-,15+,18?,19+,20-,22-,23+,24-,25-/m0/s1. The SMILES string of the molecule is CC(=O)O[C@]1(C(C)=O)C[C@@H](C)[C@H]2[C@@H]3C[C@H](C)C4=CC(N=O)CC[C@]4(C)[C@H]3CC[C@@]21C. The lowest BCUT2D eigenvalue weighted by Gasteiger charge is -2.61. The van der Waals surface area contributed by atoms with Crippen LogP contribution in [-0.4, -0.2) is 23.4 Å². The van der Waals surface area contributed by atoms with Gasteiger partial charge in [0.05, 0.1) is 0 Å². The minimum Gasteiger partial charge on any atom is -0.451 e. The molecule has 5 heteroatoms. The summed E-state index contributed by atoms with van der Waals surface area (Å²) in [5, 5.41) is 3.34. The van der Waals surface area contributed by atoms with Crippen LogP contribution in [0.4, 0.5) is 0 Å². The number of allylic oxidation sites excluding steroid dienone is 1. The summed E-state index contributed by atoms with van der Waals surface area (Å²) in [4.78, 5) is 36.2. The molecular weight excluding hydrogens is 378 g/mol. The van der Waals surface area contributed by atoms with E-state index in [1.54, 1.807) is 6.92 Å². The first-order chi connectivity index (χ1) is 14.0. The van der Waals surface area contributed by atoms with Crippen molar-refractivity contribution < 1.29 is 14.3 Å². The maximum Gasteiger partial charge on any atom is 0.303 e. The van der Waals surface area contributed by atoms with Crippen molar-refractivity contribution in [3.63, 3.8) is 0 Å². The van der Waals surface area contributed by atoms with Crippen molar-refractivity contribution in [2.24, 2.45) is 45.6 Å². The number of fused-ring (bicyclic) bond motifs is 5. The number of nitroso groups, excluding NO2 is 1. The summed E-state index contributed by atoms with van der Waals surface area (Å²) in [6.07, 6.45) is 7.68. The topological polar surface area (TPSA) is 72.8 Å². The monoisotopic (exact) mass is 415 g/mol. The first kappa shape index (κ1) is 21.7. The lowest BCUT2D eigenvalue weighted by molar-refractivity contribution is -0.188. The number of ketones is 1. The molecule has 0 saturated heterocycles. The van der Waals surface area contributed by atoms with Gasteiger partial charge in [-0.15, -0.1) is 0 Å². The van der Waals surface area contributed by atoms with Crippen molar-refractivity contribution in [3.05, 3.63) is 16.6 Å². The summed E-state index contributed by atoms with van der Waals surface area (Å²) in [7, 11) is 0. The Morgan fingerprint density at radius 3 is 2.43 bits per heavy atom. The van der Waals surface area contributed by atoms with E-state index in [4.69, 9.17) is 4.74 Å². The fourth-order valence-electron chi connectivity index (χ4n) is 8.83. The Morgan fingerprint density at radius 1 is 1.13 bits per heavy atom. The first-order valence-electron chi connectivity index (χ1n) is 11.8. The van der Waals surface area contributed by atoms with Gasteiger partial charge in [0.25, 0.3) is 0 Å². The highest BCUT2D eigenvalue weighted by Gasteiger charge is 2.70. The smallest absolute Gasteiger partial charge is 0.303 e. The Balaban J connectivity index is 1.76. The molecule has 0 aliphatic heterocycles. The van der Waals surface area contributed by atoms with Gasteiger partial charge in [0.1, 0.15) is 6.04 Å². The molecule has 0 aromatic carbocycles. The number of esters is 1. The molecule has 0 bridgehead atoms. The van der Waals surface area contributed by atoms with E-state index in [1.165, 1.54) is 12.5 Å². The molecule has 0 radical (unpaired) electrons. The second kappa shape index (κ2) is 7.00. The molecule has 0 N–H and O–H groups in total. The molecule has 3 saturated carbocycles. The normalized spacial score (nSPS) is 49.9. The zero-order valence-corrected chi connectivity index (χ0v) is 19.4. The van der Waals surface area contributed by atoms with Crippen molar-refractivity contribution in [2.75, 3.05) is 0 Å². The molecule has 1 unspecified atom stereocenters. The van der Waals surface area contributed by atoms with E-state index in [1.807, 2.05) is 0 Å². The van der Waals surface area contributed by atoms with Crippen molar-refractivity contribution in [3.8, 4) is 0 Å². The van der Waals surface area contributed by atoms with Crippen LogP contribution in [0.1, 0.15) is 80.1 Å². The van der Waals surface area contributed by atoms with Gasteiger partial charge in [-0.05, 0) is 80.5 Å². The maximum atomic E-state index is 13.0. The van der Waals surface area contributed by atoms with Crippen LogP contribution < -0.4 is 0 Å². The van der Waals surface area contributed by atoms with Gasteiger partial charge in [-0.25, -0.2) is 0 Å². The van der Waals surface area contributed by atoms with Gasteiger partial charge in [0.2, 0.25) is 0 Å². The highest BCUT2D eigenvalue weighted by molar-refractivity contribution is 5.89. The molecule has 0 aromatic heterocycles. The predicted octanol–water partition coefficient (Wildman–Crippen LogP) is 5.47. The summed E-state index contributed by atoms with van der Waals surface area (Å²) >= 11 is 0. The third-order valence-corrected chi connectivity index (χ3v) is 9.82. The third-order valence-electron chi connectivity index (χ3n) is 9.82. The largest absolute Gasteiger partial charge is 0.451 e. The number of nitrogens with zero attached hydrogens (tertiary/aromatic N) is 1. The quantitative estimate of drug-likeness (QED) is 0.348. The van der Waals surface area contributed by atoms with E-state index in [2.05, 4.69) is 38.9 Å². The van der Waals surface area contributed by atoms with E-state index in [-0.39, 0.29) is 28.6 Å². The Bertz CT molecular complexity index is 805. The third kappa shape index (κ3) is 2.72. The fraction of sp³-hybridized carbons (Fsp3) is 0.840. The van der Waals surface area contributed by atoms with Crippen LogP contribution >= 0.6 is 0 Å². The van der Waals surface area contributed by atoms with Gasteiger partial charge in [-0.3, -0.25) is 9.59 Å². The molecule has 0 amide bonds. The summed E-state index contributed by atoms with van der Waals surface area (Å²) in [6, 6.07) is -0.180. The van der Waals surface area contributed by atoms with Crippen LogP contribution in [0.3, 0.4) is 0 Å². The van der Waals surface area contributed by atoms with Gasteiger partial charge in [-0.2, -0.15) is 4.91 Å². The molecule has 0 heterocycles. The molecule has 30 heavy (non-hydrogen) atoms. The van der Waals surface area contributed by atoms with Gasteiger partial charge in [-0.1, -0.05) is 44.5 Å². The van der Waals surface area contributed by atoms with Crippen LogP contribution in [0, 0.1) is 45.3 Å². The Labute approximate surface area is 180 Å². The molecule has 3 fully saturated rings. The molecule has 0 aromatic rings. The highest BCUT2D eigenvalue weighted by Crippen LogP contribution is 2.70. The van der Waals surface area contributed by atoms with Crippen LogP contribution in [-0.2, 0) is 14.3 Å². The van der Waals surface area contributed by atoms with Gasteiger partial charge in [0.15, 0.2) is 11.4 Å². The predicted molar refractivity (Wildman–Crippen MR) is 116 cm³/mol. The van der Waals surface area contributed by atoms with E-state index in [0.717, 1.165) is 32.1 Å². The number of hydrogen-bond acceptors (Lipinski definition) is 5.